The number of aromatic hydroxyl groups is 1. The Labute approximate surface area is 76.9 Å². The van der Waals surface area contributed by atoms with Crippen molar-refractivity contribution in [2.45, 2.75) is 0 Å². The summed E-state index contributed by atoms with van der Waals surface area (Å²) in [6.45, 7) is 0. The predicted molar refractivity (Wildman–Crippen MR) is 45.2 cm³/mol. The van der Waals surface area contributed by atoms with Crippen LogP contribution < -0.4 is 0 Å². The molecule has 0 bridgehead atoms. The maximum Gasteiger partial charge on any atom is 0.273 e. The largest absolute Gasteiger partial charge is 0.504 e. The van der Waals surface area contributed by atoms with E-state index in [1.807, 2.05) is 0 Å². The van der Waals surface area contributed by atoms with Gasteiger partial charge in [0.25, 0.3) is 5.69 Å². The van der Waals surface area contributed by atoms with Gasteiger partial charge in [0.1, 0.15) is 0 Å². The molecule has 0 heterocycles. The first kappa shape index (κ1) is 9.40. The Kier molecular flexibility index (Phi) is 2.43. The van der Waals surface area contributed by atoms with E-state index in [2.05, 4.69) is 5.18 Å². The number of nitrogens with zero attached hydrogens (tertiary/aromatic N) is 2. The van der Waals surface area contributed by atoms with E-state index in [9.17, 15) is 15.0 Å². The van der Waals surface area contributed by atoms with Gasteiger partial charge >= 0.3 is 0 Å². The van der Waals surface area contributed by atoms with Crippen molar-refractivity contribution < 1.29 is 10.0 Å². The molecule has 0 spiro atoms. The Morgan fingerprint density at radius 2 is 2.15 bits per heavy atom. The highest BCUT2D eigenvalue weighted by atomic mass is 35.5. The first-order valence-corrected chi connectivity index (χ1v) is 3.44. The van der Waals surface area contributed by atoms with Gasteiger partial charge in [-0.1, -0.05) is 11.6 Å². The van der Waals surface area contributed by atoms with Gasteiger partial charge in [-0.25, -0.2) is 0 Å². The Morgan fingerprint density at radius 1 is 1.54 bits per heavy atom. The van der Waals surface area contributed by atoms with Crippen molar-refractivity contribution in [2.75, 3.05) is 0 Å². The minimum absolute atomic E-state index is 0.274. The fraction of sp³-hybridized carbons (Fsp3) is 0. The van der Waals surface area contributed by atoms with Gasteiger partial charge in [-0.2, -0.15) is 0 Å². The molecule has 1 aromatic carbocycles. The Morgan fingerprint density at radius 3 is 2.62 bits per heavy atom. The van der Waals surface area contributed by atoms with Crippen molar-refractivity contribution in [3.8, 4) is 5.75 Å². The number of phenols is 1. The maximum atomic E-state index is 10.3. The highest BCUT2D eigenvalue weighted by Crippen LogP contribution is 2.37. The molecule has 0 radical (unpaired) electrons. The summed E-state index contributed by atoms with van der Waals surface area (Å²) in [5, 5.41) is 21.4. The molecule has 7 heteroatoms. The Bertz CT molecular complexity index is 379. The second-order valence-corrected chi connectivity index (χ2v) is 2.55. The summed E-state index contributed by atoms with van der Waals surface area (Å²) < 4.78 is 0. The van der Waals surface area contributed by atoms with Crippen LogP contribution in [0.4, 0.5) is 11.4 Å². The second kappa shape index (κ2) is 3.36. The molecule has 0 aliphatic carbocycles. The first-order chi connectivity index (χ1) is 6.06. The van der Waals surface area contributed by atoms with Crippen molar-refractivity contribution in [3.63, 3.8) is 0 Å². The van der Waals surface area contributed by atoms with Gasteiger partial charge in [0.05, 0.1) is 9.95 Å². The summed E-state index contributed by atoms with van der Waals surface area (Å²) in [6.07, 6.45) is 0. The summed E-state index contributed by atoms with van der Waals surface area (Å²) >= 11 is 5.39. The van der Waals surface area contributed by atoms with Crippen molar-refractivity contribution >= 4 is 23.0 Å². The number of rotatable bonds is 2. The lowest BCUT2D eigenvalue weighted by molar-refractivity contribution is -0.384. The number of nitro groups is 1. The zero-order chi connectivity index (χ0) is 10.0. The van der Waals surface area contributed by atoms with E-state index in [0.29, 0.717) is 0 Å². The molecular formula is C6H3ClN2O4. The molecule has 68 valence electrons. The van der Waals surface area contributed by atoms with E-state index in [0.717, 1.165) is 12.1 Å². The fourth-order valence-electron chi connectivity index (χ4n) is 0.746. The molecule has 13 heavy (non-hydrogen) atoms. The van der Waals surface area contributed by atoms with Gasteiger partial charge in [-0.05, 0) is 5.18 Å². The van der Waals surface area contributed by atoms with Gasteiger partial charge in [0.2, 0.25) is 0 Å². The molecule has 1 aromatic rings. The predicted octanol–water partition coefficient (Wildman–Crippen LogP) is 2.35. The smallest absolute Gasteiger partial charge is 0.273 e. The first-order valence-electron chi connectivity index (χ1n) is 3.06. The lowest BCUT2D eigenvalue weighted by Gasteiger charge is -1.98. The number of nitro benzene ring substituents is 1. The molecule has 0 aliphatic heterocycles. The average molecular weight is 203 g/mol. The van der Waals surface area contributed by atoms with Crippen molar-refractivity contribution in [3.05, 3.63) is 32.2 Å². The highest BCUT2D eigenvalue weighted by molar-refractivity contribution is 6.32. The van der Waals surface area contributed by atoms with Crippen molar-refractivity contribution in [2.24, 2.45) is 5.18 Å². The van der Waals surface area contributed by atoms with Crippen molar-refractivity contribution in [1.82, 2.24) is 0 Å². The molecule has 1 N–H and O–H groups in total. The van der Waals surface area contributed by atoms with Crippen LogP contribution in [0.5, 0.6) is 5.75 Å². The summed E-state index contributed by atoms with van der Waals surface area (Å²) in [4.78, 5) is 19.6. The number of hydrogen-bond acceptors (Lipinski definition) is 5. The zero-order valence-corrected chi connectivity index (χ0v) is 6.85. The minimum atomic E-state index is -0.736. The zero-order valence-electron chi connectivity index (χ0n) is 6.10. The van der Waals surface area contributed by atoms with Gasteiger partial charge in [-0.3, -0.25) is 10.1 Å². The number of hydrogen-bond donors (Lipinski definition) is 1. The normalized spacial score (nSPS) is 9.62. The van der Waals surface area contributed by atoms with Crippen LogP contribution in [0.3, 0.4) is 0 Å². The number of benzene rings is 1. The molecule has 0 fully saturated rings. The number of halogens is 1. The van der Waals surface area contributed by atoms with Gasteiger partial charge in [-0.15, -0.1) is 4.91 Å². The van der Waals surface area contributed by atoms with Gasteiger partial charge in [0, 0.05) is 12.1 Å². The Hall–Kier alpha value is -1.69. The summed E-state index contributed by atoms with van der Waals surface area (Å²) in [6, 6.07) is 1.78. The quantitative estimate of drug-likeness (QED) is 0.453. The average Bonchev–Trinajstić information content (AvgIpc) is 2.09. The van der Waals surface area contributed by atoms with E-state index >= 15 is 0 Å². The minimum Gasteiger partial charge on any atom is -0.504 e. The van der Waals surface area contributed by atoms with Gasteiger partial charge < -0.3 is 5.11 Å². The maximum absolute atomic E-state index is 10.3. The third kappa shape index (κ3) is 1.73. The molecule has 6 nitrogen and oxygen atoms in total. The lowest BCUT2D eigenvalue weighted by Crippen LogP contribution is -1.87. The van der Waals surface area contributed by atoms with Crippen LogP contribution in [0.25, 0.3) is 0 Å². The molecule has 0 aromatic heterocycles. The molecule has 0 aliphatic rings. The van der Waals surface area contributed by atoms with E-state index in [-0.39, 0.29) is 5.02 Å². The summed E-state index contributed by atoms with van der Waals surface area (Å²) in [7, 11) is 0. The van der Waals surface area contributed by atoms with E-state index in [4.69, 9.17) is 16.7 Å². The molecule has 0 amide bonds. The molecule has 0 saturated heterocycles. The van der Waals surface area contributed by atoms with Crippen LogP contribution in [0.2, 0.25) is 5.02 Å². The van der Waals surface area contributed by atoms with Crippen LogP contribution in [0.15, 0.2) is 17.3 Å². The number of phenolic OH excluding ortho intramolecular Hbond substituents is 1. The van der Waals surface area contributed by atoms with E-state index in [1.54, 1.807) is 0 Å². The van der Waals surface area contributed by atoms with Gasteiger partial charge in [0.15, 0.2) is 11.4 Å². The topological polar surface area (TPSA) is 92.8 Å². The van der Waals surface area contributed by atoms with E-state index < -0.39 is 22.0 Å². The monoisotopic (exact) mass is 202 g/mol. The SMILES string of the molecule is O=Nc1cc([N+](=O)[O-])cc(Cl)c1O. The van der Waals surface area contributed by atoms with Crippen LogP contribution in [-0.2, 0) is 0 Å². The molecule has 0 saturated carbocycles. The van der Waals surface area contributed by atoms with E-state index in [1.165, 1.54) is 0 Å². The fourth-order valence-corrected chi connectivity index (χ4v) is 0.954. The lowest BCUT2D eigenvalue weighted by atomic mass is 10.2. The molecular weight excluding hydrogens is 200 g/mol. The highest BCUT2D eigenvalue weighted by Gasteiger charge is 2.15. The molecule has 1 rings (SSSR count). The number of nitroso groups, excluding NO2 is 1. The standard InChI is InChI=1S/C6H3ClN2O4/c7-4-1-3(9(12)13)2-5(8-11)6(4)10/h1-2,10H. The second-order valence-electron chi connectivity index (χ2n) is 2.14. The van der Waals surface area contributed by atoms with Crippen LogP contribution >= 0.6 is 11.6 Å². The third-order valence-corrected chi connectivity index (χ3v) is 1.63. The molecule has 0 unspecified atom stereocenters. The Balaban J connectivity index is 3.38. The molecule has 0 atom stereocenters. The van der Waals surface area contributed by atoms with Crippen LogP contribution in [-0.4, -0.2) is 10.0 Å². The van der Waals surface area contributed by atoms with Crippen molar-refractivity contribution in [1.29, 1.82) is 0 Å². The number of non-ortho nitro benzene ring substituents is 1. The third-order valence-electron chi connectivity index (χ3n) is 1.34. The summed E-state index contributed by atoms with van der Waals surface area (Å²) in [5.74, 6) is -0.553. The summed E-state index contributed by atoms with van der Waals surface area (Å²) in [5.41, 5.74) is -0.836. The van der Waals surface area contributed by atoms with Crippen LogP contribution in [0, 0.1) is 15.0 Å². The van der Waals surface area contributed by atoms with Crippen LogP contribution in [0.1, 0.15) is 0 Å².